The van der Waals surface area contributed by atoms with Crippen LogP contribution < -0.4 is 0 Å². The van der Waals surface area contributed by atoms with E-state index in [1.165, 1.54) is 24.8 Å². The van der Waals surface area contributed by atoms with Gasteiger partial charge in [-0.25, -0.2) is 0 Å². The van der Waals surface area contributed by atoms with Gasteiger partial charge in [-0.05, 0) is 79.3 Å². The number of carbonyl (C=O) groups excluding carboxylic acids is 2. The third-order valence-electron chi connectivity index (χ3n) is 8.01. The van der Waals surface area contributed by atoms with E-state index in [4.69, 9.17) is 0 Å². The van der Waals surface area contributed by atoms with Gasteiger partial charge in [-0.1, -0.05) is 26.0 Å². The molecule has 2 heteroatoms. The van der Waals surface area contributed by atoms with Gasteiger partial charge in [-0.15, -0.1) is 0 Å². The number of hydrogen-bond acceptors (Lipinski definition) is 2. The number of ketones is 2. The Morgan fingerprint density at radius 1 is 1.13 bits per heavy atom. The minimum absolute atomic E-state index is 0.170. The Morgan fingerprint density at radius 3 is 2.65 bits per heavy atom. The number of Topliss-reactive ketones (excluding diaryl/α,β-unsaturated/α-hetero) is 1. The standard InChI is InChI=1S/C21H28O2/c1-13(22)17-6-7-18-16-5-4-14-12-15(23)8-10-20(14,2)19(16)9-11-21(17,18)3/h4-5,12,16-19H,6-11H2,1-3H3/t16-,17-,18+,19+,20+,21+/m0/s1. The Balaban J connectivity index is 1.72. The van der Waals surface area contributed by atoms with Gasteiger partial charge in [-0.3, -0.25) is 9.59 Å². The predicted molar refractivity (Wildman–Crippen MR) is 90.8 cm³/mol. The Morgan fingerprint density at radius 2 is 1.91 bits per heavy atom. The van der Waals surface area contributed by atoms with Crippen LogP contribution >= 0.6 is 0 Å². The molecule has 124 valence electrons. The van der Waals surface area contributed by atoms with Crippen molar-refractivity contribution < 1.29 is 9.59 Å². The average Bonchev–Trinajstić information content (AvgIpc) is 2.85. The fraction of sp³-hybridized carbons (Fsp3) is 0.714. The average molecular weight is 312 g/mol. The molecule has 4 rings (SSSR count). The van der Waals surface area contributed by atoms with Gasteiger partial charge in [0.1, 0.15) is 5.78 Å². The predicted octanol–water partition coefficient (Wildman–Crippen LogP) is 4.50. The topological polar surface area (TPSA) is 34.1 Å². The van der Waals surface area contributed by atoms with Crippen LogP contribution in [0.25, 0.3) is 0 Å². The van der Waals surface area contributed by atoms with Crippen LogP contribution in [0.5, 0.6) is 0 Å². The second kappa shape index (κ2) is 4.91. The molecule has 2 fully saturated rings. The monoisotopic (exact) mass is 312 g/mol. The van der Waals surface area contributed by atoms with Crippen LogP contribution in [0.15, 0.2) is 23.8 Å². The van der Waals surface area contributed by atoms with Crippen molar-refractivity contribution in [3.8, 4) is 0 Å². The maximum atomic E-state index is 12.1. The molecule has 0 aromatic heterocycles. The van der Waals surface area contributed by atoms with Crippen molar-refractivity contribution in [1.82, 2.24) is 0 Å². The summed E-state index contributed by atoms with van der Waals surface area (Å²) in [5.74, 6) is 2.83. The SMILES string of the molecule is CC(=O)[C@@H]1CC[C@@H]2[C@@H]3C=CC4=CC(=O)CC[C@@]4(C)[C@@H]3CC[C@@]21C. The van der Waals surface area contributed by atoms with E-state index in [0.29, 0.717) is 35.7 Å². The van der Waals surface area contributed by atoms with Gasteiger partial charge >= 0.3 is 0 Å². The maximum absolute atomic E-state index is 12.1. The maximum Gasteiger partial charge on any atom is 0.156 e. The smallest absolute Gasteiger partial charge is 0.156 e. The van der Waals surface area contributed by atoms with Gasteiger partial charge in [0, 0.05) is 12.3 Å². The number of rotatable bonds is 1. The number of carbonyl (C=O) groups is 2. The molecule has 4 aliphatic rings. The highest BCUT2D eigenvalue weighted by atomic mass is 16.1. The molecule has 6 atom stereocenters. The molecule has 0 bridgehead atoms. The summed E-state index contributed by atoms with van der Waals surface area (Å²) in [7, 11) is 0. The Labute approximate surface area is 139 Å². The number of hydrogen-bond donors (Lipinski definition) is 0. The molecule has 0 aromatic rings. The first-order chi connectivity index (χ1) is 10.9. The van der Waals surface area contributed by atoms with E-state index in [1.54, 1.807) is 6.92 Å². The fourth-order valence-corrected chi connectivity index (χ4v) is 6.66. The van der Waals surface area contributed by atoms with Crippen molar-refractivity contribution in [3.05, 3.63) is 23.8 Å². The highest BCUT2D eigenvalue weighted by Gasteiger charge is 2.58. The first-order valence-corrected chi connectivity index (χ1v) is 9.30. The van der Waals surface area contributed by atoms with Gasteiger partial charge < -0.3 is 0 Å². The summed E-state index contributed by atoms with van der Waals surface area (Å²) >= 11 is 0. The first-order valence-electron chi connectivity index (χ1n) is 9.30. The Kier molecular flexibility index (Phi) is 3.28. The molecule has 0 heterocycles. The van der Waals surface area contributed by atoms with Gasteiger partial charge in [0.2, 0.25) is 0 Å². The fourth-order valence-electron chi connectivity index (χ4n) is 6.66. The van der Waals surface area contributed by atoms with Crippen molar-refractivity contribution in [2.45, 2.75) is 59.3 Å². The third kappa shape index (κ3) is 1.99. The van der Waals surface area contributed by atoms with Gasteiger partial charge in [0.15, 0.2) is 5.78 Å². The number of fused-ring (bicyclic) bond motifs is 5. The molecular weight excluding hydrogens is 284 g/mol. The molecule has 0 amide bonds. The van der Waals surface area contributed by atoms with E-state index in [0.717, 1.165) is 12.8 Å². The van der Waals surface area contributed by atoms with Crippen molar-refractivity contribution in [2.75, 3.05) is 0 Å². The lowest BCUT2D eigenvalue weighted by Gasteiger charge is -2.55. The molecule has 0 aromatic carbocycles. The van der Waals surface area contributed by atoms with Crippen LogP contribution in [0.3, 0.4) is 0 Å². The molecule has 0 saturated heterocycles. The van der Waals surface area contributed by atoms with E-state index in [2.05, 4.69) is 26.0 Å². The first kappa shape index (κ1) is 15.4. The second-order valence-electron chi connectivity index (χ2n) is 8.92. The molecule has 23 heavy (non-hydrogen) atoms. The lowest BCUT2D eigenvalue weighted by molar-refractivity contribution is -0.127. The quantitative estimate of drug-likeness (QED) is 0.714. The second-order valence-corrected chi connectivity index (χ2v) is 8.92. The highest BCUT2D eigenvalue weighted by Crippen LogP contribution is 2.65. The normalized spacial score (nSPS) is 48.3. The van der Waals surface area contributed by atoms with Crippen molar-refractivity contribution in [1.29, 1.82) is 0 Å². The minimum atomic E-state index is 0.170. The lowest BCUT2D eigenvalue weighted by Crippen LogP contribution is -2.49. The molecule has 0 N–H and O–H groups in total. The zero-order valence-electron chi connectivity index (χ0n) is 14.6. The van der Waals surface area contributed by atoms with Crippen LogP contribution in [0.1, 0.15) is 59.3 Å². The largest absolute Gasteiger partial charge is 0.300 e. The van der Waals surface area contributed by atoms with Gasteiger partial charge in [0.25, 0.3) is 0 Å². The summed E-state index contributed by atoms with van der Waals surface area (Å²) < 4.78 is 0. The molecule has 0 aliphatic heterocycles. The molecule has 2 nitrogen and oxygen atoms in total. The zero-order chi connectivity index (χ0) is 16.4. The van der Waals surface area contributed by atoms with Crippen LogP contribution in [-0.2, 0) is 9.59 Å². The Hall–Kier alpha value is -1.18. The zero-order valence-corrected chi connectivity index (χ0v) is 14.6. The van der Waals surface area contributed by atoms with Gasteiger partial charge in [0.05, 0.1) is 0 Å². The van der Waals surface area contributed by atoms with Crippen molar-refractivity contribution >= 4 is 11.6 Å². The summed E-state index contributed by atoms with van der Waals surface area (Å²) in [4.78, 5) is 24.0. The summed E-state index contributed by atoms with van der Waals surface area (Å²) in [6, 6.07) is 0. The van der Waals surface area contributed by atoms with Crippen LogP contribution in [-0.4, -0.2) is 11.6 Å². The van der Waals surface area contributed by atoms with E-state index in [1.807, 2.05) is 6.08 Å². The van der Waals surface area contributed by atoms with Crippen molar-refractivity contribution in [2.24, 2.45) is 34.5 Å². The molecule has 0 spiro atoms. The van der Waals surface area contributed by atoms with E-state index in [-0.39, 0.29) is 16.7 Å². The molecular formula is C21H28O2. The Bertz CT molecular complexity index is 628. The summed E-state index contributed by atoms with van der Waals surface area (Å²) in [6.07, 6.45) is 12.9. The molecule has 2 saturated carbocycles. The van der Waals surface area contributed by atoms with Crippen LogP contribution in [0, 0.1) is 34.5 Å². The third-order valence-corrected chi connectivity index (χ3v) is 8.01. The van der Waals surface area contributed by atoms with Crippen LogP contribution in [0.2, 0.25) is 0 Å². The van der Waals surface area contributed by atoms with Gasteiger partial charge in [-0.2, -0.15) is 0 Å². The van der Waals surface area contributed by atoms with Crippen molar-refractivity contribution in [3.63, 3.8) is 0 Å². The summed E-state index contributed by atoms with van der Waals surface area (Å²) in [6.45, 7) is 6.54. The summed E-state index contributed by atoms with van der Waals surface area (Å²) in [5, 5.41) is 0. The van der Waals surface area contributed by atoms with E-state index >= 15 is 0 Å². The lowest BCUT2D eigenvalue weighted by atomic mass is 9.48. The summed E-state index contributed by atoms with van der Waals surface area (Å²) in [5.41, 5.74) is 1.63. The molecule has 0 radical (unpaired) electrons. The molecule has 0 unspecified atom stereocenters. The highest BCUT2D eigenvalue weighted by molar-refractivity contribution is 5.92. The minimum Gasteiger partial charge on any atom is -0.300 e. The molecule has 4 aliphatic carbocycles. The van der Waals surface area contributed by atoms with Crippen LogP contribution in [0.4, 0.5) is 0 Å². The number of allylic oxidation sites excluding steroid dienone is 4. The van der Waals surface area contributed by atoms with E-state index < -0.39 is 0 Å². The van der Waals surface area contributed by atoms with E-state index in [9.17, 15) is 9.59 Å².